The van der Waals surface area contributed by atoms with Crippen molar-refractivity contribution in [3.8, 4) is 17.2 Å². The molecule has 9 heteroatoms. The van der Waals surface area contributed by atoms with E-state index in [1.54, 1.807) is 43.3 Å². The van der Waals surface area contributed by atoms with Crippen molar-refractivity contribution >= 4 is 35.3 Å². The lowest BCUT2D eigenvalue weighted by atomic mass is 10.2. The lowest BCUT2D eigenvalue weighted by Gasteiger charge is -2.12. The number of benzene rings is 2. The zero-order valence-electron chi connectivity index (χ0n) is 16.5. The molecule has 3 aromatic rings. The number of aromatic nitrogens is 2. The van der Waals surface area contributed by atoms with Gasteiger partial charge in [-0.3, -0.25) is 4.79 Å². The van der Waals surface area contributed by atoms with Crippen molar-refractivity contribution in [1.29, 1.82) is 0 Å². The Morgan fingerprint density at radius 3 is 2.53 bits per heavy atom. The summed E-state index contributed by atoms with van der Waals surface area (Å²) in [5, 5.41) is 11.3. The standard InChI is InChI=1S/C21H22N4O3S2/c1-27-17-8-6-16(7-9-17)22-19(26)14-29-21-24-23-20(28-21)15-4-10-18(11-5-15)30-25-12-2-3-13-25/h4-11H,2-3,12-14H2,1H3,(H,22,26). The third kappa shape index (κ3) is 5.56. The minimum absolute atomic E-state index is 0.145. The first-order valence-electron chi connectivity index (χ1n) is 9.63. The summed E-state index contributed by atoms with van der Waals surface area (Å²) in [5.74, 6) is 1.22. The van der Waals surface area contributed by atoms with E-state index < -0.39 is 0 Å². The molecule has 1 aromatic heterocycles. The molecular formula is C21H22N4O3S2. The lowest BCUT2D eigenvalue weighted by molar-refractivity contribution is -0.113. The van der Waals surface area contributed by atoms with Gasteiger partial charge in [-0.15, -0.1) is 10.2 Å². The van der Waals surface area contributed by atoms with Gasteiger partial charge in [0.15, 0.2) is 0 Å². The molecule has 2 aromatic carbocycles. The van der Waals surface area contributed by atoms with Gasteiger partial charge in [0.05, 0.1) is 12.9 Å². The second-order valence-electron chi connectivity index (χ2n) is 6.69. The third-order valence-electron chi connectivity index (χ3n) is 4.51. The minimum Gasteiger partial charge on any atom is -0.497 e. The average molecular weight is 443 g/mol. The highest BCUT2D eigenvalue weighted by Crippen LogP contribution is 2.29. The number of hydrogen-bond acceptors (Lipinski definition) is 8. The normalized spacial score (nSPS) is 14.0. The summed E-state index contributed by atoms with van der Waals surface area (Å²) in [6, 6.07) is 15.3. The van der Waals surface area contributed by atoms with E-state index in [4.69, 9.17) is 9.15 Å². The van der Waals surface area contributed by atoms with Gasteiger partial charge in [-0.25, -0.2) is 4.31 Å². The van der Waals surface area contributed by atoms with E-state index in [1.807, 2.05) is 12.1 Å². The van der Waals surface area contributed by atoms with Crippen LogP contribution in [0.15, 0.2) is 63.1 Å². The molecule has 156 valence electrons. The van der Waals surface area contributed by atoms with E-state index in [2.05, 4.69) is 32.0 Å². The molecule has 1 amide bonds. The lowest BCUT2D eigenvalue weighted by Crippen LogP contribution is -2.13. The van der Waals surface area contributed by atoms with E-state index in [1.165, 1.54) is 29.5 Å². The zero-order valence-corrected chi connectivity index (χ0v) is 18.2. The molecule has 1 aliphatic rings. The Morgan fingerprint density at radius 2 is 1.83 bits per heavy atom. The van der Waals surface area contributed by atoms with Gasteiger partial charge in [0.1, 0.15) is 5.75 Å². The van der Waals surface area contributed by atoms with Crippen molar-refractivity contribution in [2.45, 2.75) is 23.0 Å². The molecular weight excluding hydrogens is 420 g/mol. The molecule has 0 saturated carbocycles. The van der Waals surface area contributed by atoms with Gasteiger partial charge in [0, 0.05) is 29.2 Å². The molecule has 0 unspecified atom stereocenters. The summed E-state index contributed by atoms with van der Waals surface area (Å²) in [7, 11) is 1.60. The van der Waals surface area contributed by atoms with Gasteiger partial charge >= 0.3 is 0 Å². The molecule has 2 heterocycles. The van der Waals surface area contributed by atoms with Crippen LogP contribution in [0.3, 0.4) is 0 Å². The van der Waals surface area contributed by atoms with Crippen molar-refractivity contribution in [3.63, 3.8) is 0 Å². The second kappa shape index (κ2) is 10.0. The van der Waals surface area contributed by atoms with Crippen LogP contribution in [0.4, 0.5) is 5.69 Å². The van der Waals surface area contributed by atoms with E-state index in [0.29, 0.717) is 16.8 Å². The van der Waals surface area contributed by atoms with Gasteiger partial charge < -0.3 is 14.5 Å². The Balaban J connectivity index is 1.28. The Hall–Kier alpha value is -2.49. The monoisotopic (exact) mass is 442 g/mol. The van der Waals surface area contributed by atoms with Gasteiger partial charge in [-0.2, -0.15) is 0 Å². The van der Waals surface area contributed by atoms with Gasteiger partial charge in [-0.05, 0) is 73.3 Å². The number of nitrogens with zero attached hydrogens (tertiary/aromatic N) is 3. The number of hydrogen-bond donors (Lipinski definition) is 1. The smallest absolute Gasteiger partial charge is 0.277 e. The summed E-state index contributed by atoms with van der Waals surface area (Å²) in [6.07, 6.45) is 2.54. The number of anilines is 1. The molecule has 30 heavy (non-hydrogen) atoms. The van der Waals surface area contributed by atoms with Crippen LogP contribution in [0.25, 0.3) is 11.5 Å². The van der Waals surface area contributed by atoms with Crippen LogP contribution in [-0.2, 0) is 4.79 Å². The van der Waals surface area contributed by atoms with Crippen LogP contribution in [0, 0.1) is 0 Å². The fraction of sp³-hybridized carbons (Fsp3) is 0.286. The van der Waals surface area contributed by atoms with Crippen molar-refractivity contribution < 1.29 is 13.9 Å². The molecule has 7 nitrogen and oxygen atoms in total. The maximum Gasteiger partial charge on any atom is 0.277 e. The average Bonchev–Trinajstić information content (AvgIpc) is 3.46. The SMILES string of the molecule is COc1ccc(NC(=O)CSc2nnc(-c3ccc(SN4CCCC4)cc3)o2)cc1. The van der Waals surface area contributed by atoms with Crippen LogP contribution in [-0.4, -0.2) is 46.4 Å². The number of amides is 1. The first-order valence-corrected chi connectivity index (χ1v) is 11.4. The van der Waals surface area contributed by atoms with E-state index in [9.17, 15) is 4.79 Å². The number of methoxy groups -OCH3 is 1. The topological polar surface area (TPSA) is 80.5 Å². The Kier molecular flexibility index (Phi) is 6.93. The van der Waals surface area contributed by atoms with Crippen LogP contribution < -0.4 is 10.1 Å². The molecule has 0 atom stereocenters. The highest BCUT2D eigenvalue weighted by Gasteiger charge is 2.14. The first-order chi connectivity index (χ1) is 14.7. The summed E-state index contributed by atoms with van der Waals surface area (Å²) < 4.78 is 13.2. The molecule has 1 fully saturated rings. The van der Waals surface area contributed by atoms with Crippen LogP contribution in [0.5, 0.6) is 5.75 Å². The Bertz CT molecular complexity index is 971. The summed E-state index contributed by atoms with van der Waals surface area (Å²) in [4.78, 5) is 13.3. The van der Waals surface area contributed by atoms with Crippen molar-refractivity contribution in [2.75, 3.05) is 31.3 Å². The molecule has 0 radical (unpaired) electrons. The largest absolute Gasteiger partial charge is 0.497 e. The fourth-order valence-corrected chi connectivity index (χ4v) is 4.53. The Morgan fingerprint density at radius 1 is 1.10 bits per heavy atom. The summed E-state index contributed by atoms with van der Waals surface area (Å²) in [5.41, 5.74) is 1.57. The van der Waals surface area contributed by atoms with Crippen molar-refractivity contribution in [1.82, 2.24) is 14.5 Å². The van der Waals surface area contributed by atoms with Gasteiger partial charge in [0.25, 0.3) is 5.22 Å². The van der Waals surface area contributed by atoms with E-state index >= 15 is 0 Å². The van der Waals surface area contributed by atoms with Crippen LogP contribution in [0.1, 0.15) is 12.8 Å². The molecule has 1 N–H and O–H groups in total. The Labute approximate surface area is 183 Å². The highest BCUT2D eigenvalue weighted by molar-refractivity contribution is 7.99. The molecule has 0 spiro atoms. The second-order valence-corrected chi connectivity index (χ2v) is 8.79. The van der Waals surface area contributed by atoms with E-state index in [0.717, 1.165) is 24.4 Å². The zero-order chi connectivity index (χ0) is 20.8. The number of carbonyl (C=O) groups is 1. The van der Waals surface area contributed by atoms with Crippen molar-refractivity contribution in [3.05, 3.63) is 48.5 Å². The molecule has 1 saturated heterocycles. The first kappa shape index (κ1) is 20.8. The summed E-state index contributed by atoms with van der Waals surface area (Å²) >= 11 is 2.99. The van der Waals surface area contributed by atoms with Crippen LogP contribution in [0.2, 0.25) is 0 Å². The number of rotatable bonds is 8. The molecule has 1 aliphatic heterocycles. The maximum atomic E-state index is 12.1. The third-order valence-corrected chi connectivity index (χ3v) is 6.43. The fourth-order valence-electron chi connectivity index (χ4n) is 2.97. The maximum absolute atomic E-state index is 12.1. The highest BCUT2D eigenvalue weighted by atomic mass is 32.2. The molecule has 0 bridgehead atoms. The van der Waals surface area contributed by atoms with Gasteiger partial charge in [0.2, 0.25) is 11.8 Å². The number of nitrogens with one attached hydrogen (secondary N) is 1. The quantitative estimate of drug-likeness (QED) is 0.401. The number of carbonyl (C=O) groups excluding carboxylic acids is 1. The number of thioether (sulfide) groups is 1. The number of ether oxygens (including phenoxy) is 1. The molecule has 0 aliphatic carbocycles. The van der Waals surface area contributed by atoms with Crippen molar-refractivity contribution in [2.24, 2.45) is 0 Å². The molecule has 4 rings (SSSR count). The van der Waals surface area contributed by atoms with Gasteiger partial charge in [-0.1, -0.05) is 11.8 Å². The van der Waals surface area contributed by atoms with Crippen LogP contribution >= 0.6 is 23.7 Å². The minimum atomic E-state index is -0.145. The predicted molar refractivity (Wildman–Crippen MR) is 119 cm³/mol. The van der Waals surface area contributed by atoms with E-state index in [-0.39, 0.29) is 11.7 Å². The summed E-state index contributed by atoms with van der Waals surface area (Å²) in [6.45, 7) is 2.28. The predicted octanol–water partition coefficient (Wildman–Crippen LogP) is 4.58.